The summed E-state index contributed by atoms with van der Waals surface area (Å²) in [5, 5.41) is 18.8. The number of nitrogens with two attached hydrogens (primary N) is 1. The summed E-state index contributed by atoms with van der Waals surface area (Å²) in [5.41, 5.74) is 7.54. The Labute approximate surface area is 117 Å². The Morgan fingerprint density at radius 2 is 2.35 bits per heavy atom. The van der Waals surface area contributed by atoms with Gasteiger partial charge in [0.2, 0.25) is 0 Å². The number of alkyl halides is 1. The maximum absolute atomic E-state index is 9.88. The van der Waals surface area contributed by atoms with Crippen LogP contribution in [-0.4, -0.2) is 47.0 Å². The van der Waals surface area contributed by atoms with Crippen LogP contribution >= 0.6 is 22.6 Å². The third-order valence-electron chi connectivity index (χ3n) is 2.92. The van der Waals surface area contributed by atoms with Crippen molar-refractivity contribution in [3.63, 3.8) is 0 Å². The van der Waals surface area contributed by atoms with Crippen LogP contribution < -0.4 is 5.73 Å². The van der Waals surface area contributed by atoms with Gasteiger partial charge in [-0.3, -0.25) is 0 Å². The van der Waals surface area contributed by atoms with Crippen molar-refractivity contribution in [1.82, 2.24) is 0 Å². The number of rotatable bonds is 6. The van der Waals surface area contributed by atoms with Crippen molar-refractivity contribution >= 4 is 30.1 Å². The summed E-state index contributed by atoms with van der Waals surface area (Å²) in [6, 6.07) is 0. The van der Waals surface area contributed by atoms with Gasteiger partial charge < -0.3 is 20.6 Å². The standard InChI is InChI=1S/C11H20BINO3/c1-7(6-15)17-12-11-8(10(16)5-14)3-2-4-9(11)13/h7,9-10,15-16H,2-6,14H2,1H3. The molecular weight excluding hydrogens is 332 g/mol. The molecule has 1 rings (SSSR count). The van der Waals surface area contributed by atoms with Gasteiger partial charge in [0.1, 0.15) is 0 Å². The second-order valence-corrected chi connectivity index (χ2v) is 5.84. The highest BCUT2D eigenvalue weighted by Crippen LogP contribution is 2.31. The molecule has 0 spiro atoms. The topological polar surface area (TPSA) is 75.7 Å². The molecule has 0 heterocycles. The number of hydrogen-bond acceptors (Lipinski definition) is 4. The van der Waals surface area contributed by atoms with Crippen LogP contribution in [0.15, 0.2) is 11.0 Å². The Bertz CT molecular complexity index is 275. The van der Waals surface area contributed by atoms with Crippen LogP contribution in [0.2, 0.25) is 0 Å². The minimum atomic E-state index is -0.577. The fraction of sp³-hybridized carbons (Fsp3) is 0.818. The number of hydrogen-bond donors (Lipinski definition) is 3. The molecule has 97 valence electrons. The van der Waals surface area contributed by atoms with E-state index in [0.717, 1.165) is 30.3 Å². The molecule has 0 bridgehead atoms. The van der Waals surface area contributed by atoms with Gasteiger partial charge in [0.25, 0.3) is 0 Å². The maximum Gasteiger partial charge on any atom is 0.327 e. The highest BCUT2D eigenvalue weighted by atomic mass is 127. The van der Waals surface area contributed by atoms with Crippen LogP contribution in [0.25, 0.3) is 0 Å². The lowest BCUT2D eigenvalue weighted by molar-refractivity contribution is 0.135. The molecule has 4 nitrogen and oxygen atoms in total. The van der Waals surface area contributed by atoms with Gasteiger partial charge in [-0.05, 0) is 31.8 Å². The first kappa shape index (κ1) is 15.4. The highest BCUT2D eigenvalue weighted by Gasteiger charge is 2.25. The summed E-state index contributed by atoms with van der Waals surface area (Å²) in [5.74, 6) is 0. The predicted molar refractivity (Wildman–Crippen MR) is 77.1 cm³/mol. The monoisotopic (exact) mass is 352 g/mol. The number of aliphatic hydroxyl groups is 2. The van der Waals surface area contributed by atoms with Crippen molar-refractivity contribution in [3.05, 3.63) is 11.0 Å². The Balaban J connectivity index is 2.74. The zero-order chi connectivity index (χ0) is 12.8. The number of allylic oxidation sites excluding steroid dienone is 1. The van der Waals surface area contributed by atoms with Crippen LogP contribution in [-0.2, 0) is 4.65 Å². The lowest BCUT2D eigenvalue weighted by Gasteiger charge is -2.27. The number of aliphatic hydroxyl groups excluding tert-OH is 2. The summed E-state index contributed by atoms with van der Waals surface area (Å²) < 4.78 is 5.79. The van der Waals surface area contributed by atoms with Crippen molar-refractivity contribution < 1.29 is 14.9 Å². The van der Waals surface area contributed by atoms with Crippen molar-refractivity contribution in [2.75, 3.05) is 13.2 Å². The number of halogens is 1. The largest absolute Gasteiger partial charge is 0.430 e. The highest BCUT2D eigenvalue weighted by molar-refractivity contribution is 14.1. The molecule has 0 fully saturated rings. The first-order valence-corrected chi connectivity index (χ1v) is 7.19. The van der Waals surface area contributed by atoms with Gasteiger partial charge in [-0.15, -0.1) is 0 Å². The average Bonchev–Trinajstić information content (AvgIpc) is 2.35. The van der Waals surface area contributed by atoms with E-state index in [9.17, 15) is 5.11 Å². The average molecular weight is 352 g/mol. The van der Waals surface area contributed by atoms with E-state index in [-0.39, 0.29) is 19.3 Å². The molecule has 0 aromatic heterocycles. The molecule has 0 aromatic carbocycles. The third kappa shape index (κ3) is 4.52. The predicted octanol–water partition coefficient (Wildman–Crippen LogP) is 0.564. The fourth-order valence-electron chi connectivity index (χ4n) is 1.86. The summed E-state index contributed by atoms with van der Waals surface area (Å²) in [6.45, 7) is 2.04. The first-order chi connectivity index (χ1) is 8.10. The molecule has 1 radical (unpaired) electrons. The molecule has 0 saturated carbocycles. The van der Waals surface area contributed by atoms with E-state index in [2.05, 4.69) is 22.6 Å². The summed E-state index contributed by atoms with van der Waals surface area (Å²) in [6.07, 6.45) is 2.24. The third-order valence-corrected chi connectivity index (χ3v) is 4.22. The molecule has 1 aliphatic rings. The van der Waals surface area contributed by atoms with Crippen LogP contribution in [0, 0.1) is 0 Å². The van der Waals surface area contributed by atoms with Gasteiger partial charge in [0.15, 0.2) is 0 Å². The SMILES string of the molecule is CC(CO)O[B]C1=C(C(O)CN)CCCC1I. The van der Waals surface area contributed by atoms with Crippen LogP contribution in [0.5, 0.6) is 0 Å². The molecule has 0 amide bonds. The minimum Gasteiger partial charge on any atom is -0.430 e. The van der Waals surface area contributed by atoms with E-state index in [1.807, 2.05) is 0 Å². The zero-order valence-electron chi connectivity index (χ0n) is 10.1. The van der Waals surface area contributed by atoms with Crippen molar-refractivity contribution in [3.8, 4) is 0 Å². The summed E-state index contributed by atoms with van der Waals surface area (Å²) in [7, 11) is 1.69. The lowest BCUT2D eigenvalue weighted by atomic mass is 9.73. The van der Waals surface area contributed by atoms with Crippen molar-refractivity contribution in [1.29, 1.82) is 0 Å². The quantitative estimate of drug-likeness (QED) is 0.371. The van der Waals surface area contributed by atoms with Crippen LogP contribution in [0.4, 0.5) is 0 Å². The molecule has 0 saturated heterocycles. The van der Waals surface area contributed by atoms with E-state index in [0.29, 0.717) is 3.92 Å². The Kier molecular flexibility index (Phi) is 7.02. The van der Waals surface area contributed by atoms with Gasteiger partial charge in [-0.1, -0.05) is 28.1 Å². The van der Waals surface area contributed by atoms with Crippen molar-refractivity contribution in [2.45, 2.75) is 42.3 Å². The van der Waals surface area contributed by atoms with Gasteiger partial charge in [-0.25, -0.2) is 0 Å². The van der Waals surface area contributed by atoms with Gasteiger partial charge in [0, 0.05) is 10.5 Å². The fourth-order valence-corrected chi connectivity index (χ4v) is 2.84. The van der Waals surface area contributed by atoms with Gasteiger partial charge in [0.05, 0.1) is 18.8 Å². The molecule has 1 aliphatic carbocycles. The van der Waals surface area contributed by atoms with E-state index < -0.39 is 6.10 Å². The molecule has 0 aliphatic heterocycles. The van der Waals surface area contributed by atoms with Gasteiger partial charge >= 0.3 is 7.48 Å². The smallest absolute Gasteiger partial charge is 0.327 e. The first-order valence-electron chi connectivity index (χ1n) is 5.94. The molecular formula is C11H20BINO3. The molecule has 3 unspecified atom stereocenters. The summed E-state index contributed by atoms with van der Waals surface area (Å²) >= 11 is 2.36. The molecule has 4 N–H and O–H groups in total. The second kappa shape index (κ2) is 7.73. The van der Waals surface area contributed by atoms with Crippen LogP contribution in [0.3, 0.4) is 0 Å². The Hall–Kier alpha value is 0.375. The molecule has 17 heavy (non-hydrogen) atoms. The second-order valence-electron chi connectivity index (χ2n) is 4.34. The van der Waals surface area contributed by atoms with Crippen molar-refractivity contribution in [2.24, 2.45) is 5.73 Å². The summed E-state index contributed by atoms with van der Waals surface area (Å²) in [4.78, 5) is 0. The van der Waals surface area contributed by atoms with Crippen LogP contribution in [0.1, 0.15) is 26.2 Å². The maximum atomic E-state index is 9.88. The Morgan fingerprint density at radius 3 is 2.94 bits per heavy atom. The van der Waals surface area contributed by atoms with E-state index in [1.165, 1.54) is 0 Å². The van der Waals surface area contributed by atoms with E-state index >= 15 is 0 Å². The van der Waals surface area contributed by atoms with Gasteiger partial charge in [-0.2, -0.15) is 0 Å². The van der Waals surface area contributed by atoms with E-state index in [4.69, 9.17) is 15.5 Å². The normalized spacial score (nSPS) is 24.6. The lowest BCUT2D eigenvalue weighted by Crippen LogP contribution is -2.30. The molecule has 3 atom stereocenters. The Morgan fingerprint density at radius 1 is 1.65 bits per heavy atom. The zero-order valence-corrected chi connectivity index (χ0v) is 12.3. The molecule has 0 aromatic rings. The van der Waals surface area contributed by atoms with E-state index in [1.54, 1.807) is 14.4 Å². The minimum absolute atomic E-state index is 0.00946. The molecule has 6 heteroatoms.